The zero-order valence-corrected chi connectivity index (χ0v) is 13.1. The third-order valence-electron chi connectivity index (χ3n) is 6.47. The molecule has 0 aromatic heterocycles. The number of aliphatic hydroxyl groups excluding tert-OH is 1. The van der Waals surface area contributed by atoms with Crippen LogP contribution in [0.15, 0.2) is 11.6 Å². The Balaban J connectivity index is 2.03. The van der Waals surface area contributed by atoms with E-state index in [1.165, 1.54) is 13.2 Å². The number of esters is 2. The van der Waals surface area contributed by atoms with Crippen LogP contribution < -0.4 is 0 Å². The SMILES string of the molecule is CO[C@]12C(=O)OC[C@@]1(C)C1=CC(=O)[C@H](C)C13C[C@H]2OC(=O)C3O. The molecule has 1 spiro atoms. The van der Waals surface area contributed by atoms with Gasteiger partial charge >= 0.3 is 11.9 Å². The van der Waals surface area contributed by atoms with E-state index in [1.54, 1.807) is 13.8 Å². The number of methoxy groups -OCH3 is 1. The number of rotatable bonds is 1. The molecule has 7 heteroatoms. The summed E-state index contributed by atoms with van der Waals surface area (Å²) in [6.07, 6.45) is -0.710. The molecule has 0 aromatic rings. The highest BCUT2D eigenvalue weighted by molar-refractivity contribution is 6.00. The lowest BCUT2D eigenvalue weighted by atomic mass is 9.49. The molecule has 3 fully saturated rings. The molecule has 1 N–H and O–H groups in total. The number of allylic oxidation sites excluding steroid dienone is 1. The van der Waals surface area contributed by atoms with Crippen LogP contribution in [-0.4, -0.2) is 54.4 Å². The minimum absolute atomic E-state index is 0.0219. The Kier molecular flexibility index (Phi) is 2.59. The highest BCUT2D eigenvalue weighted by atomic mass is 16.6. The maximum Gasteiger partial charge on any atom is 0.343 e. The Morgan fingerprint density at radius 3 is 2.70 bits per heavy atom. The van der Waals surface area contributed by atoms with Crippen molar-refractivity contribution in [2.45, 2.75) is 38.1 Å². The van der Waals surface area contributed by atoms with Gasteiger partial charge < -0.3 is 19.3 Å². The predicted octanol–water partition coefficient (Wildman–Crippen LogP) is -0.244. The van der Waals surface area contributed by atoms with Crippen molar-refractivity contribution >= 4 is 17.7 Å². The number of hydrogen-bond acceptors (Lipinski definition) is 7. The second kappa shape index (κ2) is 4.02. The van der Waals surface area contributed by atoms with Crippen LogP contribution in [0.25, 0.3) is 0 Å². The third-order valence-corrected chi connectivity index (χ3v) is 6.47. The predicted molar refractivity (Wildman–Crippen MR) is 74.0 cm³/mol. The van der Waals surface area contributed by atoms with E-state index in [-0.39, 0.29) is 18.8 Å². The Labute approximate surface area is 132 Å². The number of carbonyl (C=O) groups is 3. The van der Waals surface area contributed by atoms with Gasteiger partial charge in [0.05, 0.1) is 5.41 Å². The Hall–Kier alpha value is -1.73. The van der Waals surface area contributed by atoms with Crippen molar-refractivity contribution in [3.05, 3.63) is 11.6 Å². The summed E-state index contributed by atoms with van der Waals surface area (Å²) in [5.74, 6) is -2.16. The van der Waals surface area contributed by atoms with Crippen LogP contribution >= 0.6 is 0 Å². The summed E-state index contributed by atoms with van der Waals surface area (Å²) in [5, 5.41) is 10.6. The molecule has 7 nitrogen and oxygen atoms in total. The number of aliphatic hydroxyl groups is 1. The second-order valence-corrected chi connectivity index (χ2v) is 7.10. The molecule has 0 aromatic carbocycles. The van der Waals surface area contributed by atoms with Crippen LogP contribution in [0.4, 0.5) is 0 Å². The molecule has 2 unspecified atom stereocenters. The fourth-order valence-electron chi connectivity index (χ4n) is 5.19. The van der Waals surface area contributed by atoms with E-state index in [9.17, 15) is 19.5 Å². The van der Waals surface area contributed by atoms with E-state index in [2.05, 4.69) is 0 Å². The largest absolute Gasteiger partial charge is 0.462 e. The molecule has 2 saturated heterocycles. The minimum Gasteiger partial charge on any atom is -0.462 e. The maximum absolute atomic E-state index is 12.5. The molecule has 4 rings (SSSR count). The quantitative estimate of drug-likeness (QED) is 0.665. The molecular formula is C16H18O7. The number of carbonyl (C=O) groups excluding carboxylic acids is 3. The summed E-state index contributed by atoms with van der Waals surface area (Å²) in [5.41, 5.74) is -2.94. The van der Waals surface area contributed by atoms with E-state index in [4.69, 9.17) is 14.2 Å². The summed E-state index contributed by atoms with van der Waals surface area (Å²) in [7, 11) is 1.37. The zero-order chi connectivity index (χ0) is 16.8. The van der Waals surface area contributed by atoms with Crippen molar-refractivity contribution < 1.29 is 33.7 Å². The number of ether oxygens (including phenoxy) is 3. The van der Waals surface area contributed by atoms with Gasteiger partial charge in [-0.2, -0.15) is 0 Å². The Morgan fingerprint density at radius 2 is 2.04 bits per heavy atom. The second-order valence-electron chi connectivity index (χ2n) is 7.10. The van der Waals surface area contributed by atoms with Crippen LogP contribution in [0.5, 0.6) is 0 Å². The third kappa shape index (κ3) is 1.26. The average Bonchev–Trinajstić information content (AvgIpc) is 2.93. The molecule has 1 saturated carbocycles. The summed E-state index contributed by atoms with van der Waals surface area (Å²) in [6, 6.07) is 0. The van der Waals surface area contributed by atoms with Crippen molar-refractivity contribution in [1.82, 2.24) is 0 Å². The molecule has 6 atom stereocenters. The zero-order valence-electron chi connectivity index (χ0n) is 13.1. The van der Waals surface area contributed by atoms with Gasteiger partial charge in [-0.1, -0.05) is 6.92 Å². The van der Waals surface area contributed by atoms with Gasteiger partial charge in [-0.3, -0.25) is 4.79 Å². The summed E-state index contributed by atoms with van der Waals surface area (Å²) < 4.78 is 16.2. The van der Waals surface area contributed by atoms with Crippen molar-refractivity contribution in [3.8, 4) is 0 Å². The summed E-state index contributed by atoms with van der Waals surface area (Å²) in [4.78, 5) is 37.1. The van der Waals surface area contributed by atoms with Crippen LogP contribution in [0.1, 0.15) is 20.3 Å². The van der Waals surface area contributed by atoms with Crippen LogP contribution in [0.3, 0.4) is 0 Å². The monoisotopic (exact) mass is 322 g/mol. The van der Waals surface area contributed by atoms with Gasteiger partial charge in [0.1, 0.15) is 12.7 Å². The van der Waals surface area contributed by atoms with Gasteiger partial charge in [-0.05, 0) is 18.6 Å². The van der Waals surface area contributed by atoms with Crippen LogP contribution in [0.2, 0.25) is 0 Å². The lowest BCUT2D eigenvalue weighted by Crippen LogP contribution is -2.72. The highest BCUT2D eigenvalue weighted by Gasteiger charge is 2.79. The van der Waals surface area contributed by atoms with Crippen molar-refractivity contribution in [3.63, 3.8) is 0 Å². The first-order chi connectivity index (χ1) is 10.8. The Morgan fingerprint density at radius 1 is 1.35 bits per heavy atom. The normalized spacial score (nSPS) is 50.9. The molecule has 23 heavy (non-hydrogen) atoms. The number of fused-ring (bicyclic) bond motifs is 4. The molecule has 0 amide bonds. The maximum atomic E-state index is 12.5. The molecule has 0 radical (unpaired) electrons. The summed E-state index contributed by atoms with van der Waals surface area (Å²) in [6.45, 7) is 3.49. The van der Waals surface area contributed by atoms with E-state index < -0.39 is 46.5 Å². The topological polar surface area (TPSA) is 99.1 Å². The molecule has 124 valence electrons. The van der Waals surface area contributed by atoms with Crippen LogP contribution in [0, 0.1) is 16.7 Å². The van der Waals surface area contributed by atoms with E-state index in [0.717, 1.165) is 0 Å². The minimum atomic E-state index is -1.48. The van der Waals surface area contributed by atoms with Gasteiger partial charge in [-0.25, -0.2) is 9.59 Å². The number of ketones is 1. The van der Waals surface area contributed by atoms with E-state index >= 15 is 0 Å². The van der Waals surface area contributed by atoms with Gasteiger partial charge in [0, 0.05) is 24.9 Å². The molecule has 2 heterocycles. The van der Waals surface area contributed by atoms with Crippen molar-refractivity contribution in [2.24, 2.45) is 16.7 Å². The lowest BCUT2D eigenvalue weighted by molar-refractivity contribution is -0.238. The van der Waals surface area contributed by atoms with Gasteiger partial charge in [-0.15, -0.1) is 0 Å². The molecule has 2 bridgehead atoms. The highest BCUT2D eigenvalue weighted by Crippen LogP contribution is 2.67. The molecule has 2 aliphatic carbocycles. The van der Waals surface area contributed by atoms with Gasteiger partial charge in [0.2, 0.25) is 5.60 Å². The van der Waals surface area contributed by atoms with Crippen molar-refractivity contribution in [2.75, 3.05) is 13.7 Å². The number of hydrogen-bond donors (Lipinski definition) is 1. The van der Waals surface area contributed by atoms with Gasteiger partial charge in [0.15, 0.2) is 11.9 Å². The lowest BCUT2D eigenvalue weighted by Gasteiger charge is -2.58. The van der Waals surface area contributed by atoms with E-state index in [1.807, 2.05) is 0 Å². The number of cyclic esters (lactones) is 1. The summed E-state index contributed by atoms with van der Waals surface area (Å²) >= 11 is 0. The van der Waals surface area contributed by atoms with E-state index in [0.29, 0.717) is 5.57 Å². The fraction of sp³-hybridized carbons (Fsp3) is 0.688. The first kappa shape index (κ1) is 14.8. The van der Waals surface area contributed by atoms with Crippen LogP contribution in [-0.2, 0) is 28.6 Å². The smallest absolute Gasteiger partial charge is 0.343 e. The standard InChI is InChI=1S/C16H18O7/c1-7-8(17)4-9-14(2)6-22-13(20)16(14,21-3)10-5-15(7,9)11(18)12(19)23-10/h4,7,10-11,18H,5-6H2,1-3H3/t7-,10+,11?,14-,15?,16+/m0/s1. The first-order valence-electron chi connectivity index (χ1n) is 7.63. The van der Waals surface area contributed by atoms with Gasteiger partial charge in [0.25, 0.3) is 0 Å². The Bertz CT molecular complexity index is 682. The fourth-order valence-corrected chi connectivity index (χ4v) is 5.19. The molecular weight excluding hydrogens is 304 g/mol. The molecule has 2 aliphatic heterocycles. The first-order valence-corrected chi connectivity index (χ1v) is 7.63. The average molecular weight is 322 g/mol. The molecule has 4 aliphatic rings. The van der Waals surface area contributed by atoms with Crippen molar-refractivity contribution in [1.29, 1.82) is 0 Å².